The Hall–Kier alpha value is -4.85. The van der Waals surface area contributed by atoms with E-state index < -0.39 is 52.9 Å². The minimum absolute atomic E-state index is 0.0504. The fourth-order valence-corrected chi connectivity index (χ4v) is 4.68. The van der Waals surface area contributed by atoms with Crippen molar-refractivity contribution in [2.45, 2.75) is 31.0 Å². The highest BCUT2D eigenvalue weighted by Crippen LogP contribution is 2.47. The standard InChI is InChI=1S/C29H24F5N5O4/c1-15-20(12-39(38-15)19-5-3-4-18(31)10-19)25(40)36-13-28(42,29(32,33)34)22-11-21-24(43-14-27(21,2)26(35)41)23(37-22)16-6-8-17(30)9-7-16/h3-12,42H,13-14H2,1-2H3,(H2,35,41)(H,36,40)/t27-,28?/m0/s1. The van der Waals surface area contributed by atoms with Gasteiger partial charge in [-0.1, -0.05) is 6.07 Å². The van der Waals surface area contributed by atoms with Crippen molar-refractivity contribution in [2.24, 2.45) is 5.73 Å². The summed E-state index contributed by atoms with van der Waals surface area (Å²) in [5.74, 6) is -3.14. The summed E-state index contributed by atoms with van der Waals surface area (Å²) >= 11 is 0. The van der Waals surface area contributed by atoms with Crippen molar-refractivity contribution in [1.29, 1.82) is 0 Å². The molecule has 0 spiro atoms. The maximum absolute atomic E-state index is 14.6. The number of alkyl halides is 3. The fourth-order valence-electron chi connectivity index (χ4n) is 4.68. The SMILES string of the molecule is Cc1nn(-c2cccc(F)c2)cc1C(=O)NCC(O)(c1cc2c(c(-c3ccc(F)cc3)n1)OC[C@]2(C)C(N)=O)C(F)(F)F. The third-order valence-electron chi connectivity index (χ3n) is 7.35. The van der Waals surface area contributed by atoms with Crippen molar-refractivity contribution in [3.05, 3.63) is 94.9 Å². The summed E-state index contributed by atoms with van der Waals surface area (Å²) in [7, 11) is 0. The number of nitrogens with two attached hydrogens (primary N) is 1. The first-order valence-electron chi connectivity index (χ1n) is 12.8. The second-order valence-corrected chi connectivity index (χ2v) is 10.3. The lowest BCUT2D eigenvalue weighted by atomic mass is 9.81. The molecule has 0 saturated heterocycles. The van der Waals surface area contributed by atoms with Crippen LogP contribution in [0.2, 0.25) is 0 Å². The summed E-state index contributed by atoms with van der Waals surface area (Å²) < 4.78 is 77.9. The van der Waals surface area contributed by atoms with Gasteiger partial charge in [0.25, 0.3) is 5.91 Å². The Morgan fingerprint density at radius 3 is 2.44 bits per heavy atom. The number of halogens is 5. The number of nitrogens with zero attached hydrogens (tertiary/aromatic N) is 3. The molecule has 1 aliphatic heterocycles. The number of aryl methyl sites for hydroxylation is 1. The minimum Gasteiger partial charge on any atom is -0.489 e. The number of fused-ring (bicyclic) bond motifs is 1. The number of hydrogen-bond acceptors (Lipinski definition) is 6. The van der Waals surface area contributed by atoms with Gasteiger partial charge in [-0.3, -0.25) is 9.59 Å². The lowest BCUT2D eigenvalue weighted by molar-refractivity contribution is -0.265. The smallest absolute Gasteiger partial charge is 0.424 e. The normalized spacial score (nSPS) is 17.6. The molecule has 1 unspecified atom stereocenters. The van der Waals surface area contributed by atoms with E-state index in [0.29, 0.717) is 0 Å². The summed E-state index contributed by atoms with van der Waals surface area (Å²) in [6.07, 6.45) is -4.17. The molecule has 0 bridgehead atoms. The van der Waals surface area contributed by atoms with Crippen LogP contribution < -0.4 is 15.8 Å². The summed E-state index contributed by atoms with van der Waals surface area (Å²) in [6, 6.07) is 10.8. The van der Waals surface area contributed by atoms with Crippen LogP contribution in [0, 0.1) is 18.6 Å². The topological polar surface area (TPSA) is 132 Å². The minimum atomic E-state index is -5.38. The molecule has 1 aliphatic rings. The van der Waals surface area contributed by atoms with E-state index in [0.717, 1.165) is 24.3 Å². The predicted octanol–water partition coefficient (Wildman–Crippen LogP) is 3.84. The molecular weight excluding hydrogens is 577 g/mol. The molecule has 2 atom stereocenters. The predicted molar refractivity (Wildman–Crippen MR) is 142 cm³/mol. The van der Waals surface area contributed by atoms with E-state index in [-0.39, 0.29) is 46.1 Å². The first-order valence-corrected chi connectivity index (χ1v) is 12.8. The summed E-state index contributed by atoms with van der Waals surface area (Å²) in [4.78, 5) is 29.4. The van der Waals surface area contributed by atoms with Crippen LogP contribution in [-0.4, -0.2) is 51.0 Å². The van der Waals surface area contributed by atoms with Gasteiger partial charge in [-0.05, 0) is 62.4 Å². The fraction of sp³-hybridized carbons (Fsp3) is 0.241. The van der Waals surface area contributed by atoms with Gasteiger partial charge in [0.2, 0.25) is 11.5 Å². The molecule has 0 aliphatic carbocycles. The average molecular weight is 602 g/mol. The largest absolute Gasteiger partial charge is 0.489 e. The molecule has 9 nitrogen and oxygen atoms in total. The van der Waals surface area contributed by atoms with Crippen molar-refractivity contribution >= 4 is 11.8 Å². The van der Waals surface area contributed by atoms with Crippen LogP contribution >= 0.6 is 0 Å². The van der Waals surface area contributed by atoms with Crippen molar-refractivity contribution in [2.75, 3.05) is 13.2 Å². The number of ether oxygens (including phenoxy) is 1. The number of carbonyl (C=O) groups is 2. The first kappa shape index (κ1) is 29.6. The molecule has 3 heterocycles. The van der Waals surface area contributed by atoms with Gasteiger partial charge in [0, 0.05) is 17.3 Å². The Labute approximate surface area is 241 Å². The van der Waals surface area contributed by atoms with E-state index >= 15 is 0 Å². The van der Waals surface area contributed by atoms with Gasteiger partial charge in [-0.2, -0.15) is 18.3 Å². The van der Waals surface area contributed by atoms with Crippen LogP contribution in [-0.2, 0) is 15.8 Å². The number of benzene rings is 2. The summed E-state index contributed by atoms with van der Waals surface area (Å²) in [5, 5.41) is 17.4. The van der Waals surface area contributed by atoms with E-state index in [2.05, 4.69) is 15.4 Å². The van der Waals surface area contributed by atoms with Crippen molar-refractivity contribution < 1.29 is 41.4 Å². The first-order chi connectivity index (χ1) is 20.1. The van der Waals surface area contributed by atoms with Crippen LogP contribution in [0.15, 0.2) is 60.8 Å². The number of carbonyl (C=O) groups excluding carboxylic acids is 2. The second-order valence-electron chi connectivity index (χ2n) is 10.3. The number of aliphatic hydroxyl groups is 1. The van der Waals surface area contributed by atoms with E-state index in [1.165, 1.54) is 55.1 Å². The van der Waals surface area contributed by atoms with Crippen LogP contribution in [0.1, 0.15) is 34.2 Å². The number of pyridine rings is 1. The Morgan fingerprint density at radius 2 is 1.81 bits per heavy atom. The summed E-state index contributed by atoms with van der Waals surface area (Å²) in [6.45, 7) is 1.10. The van der Waals surface area contributed by atoms with Gasteiger partial charge >= 0.3 is 6.18 Å². The Morgan fingerprint density at radius 1 is 1.12 bits per heavy atom. The van der Waals surface area contributed by atoms with Gasteiger partial charge < -0.3 is 20.9 Å². The molecular formula is C29H24F5N5O4. The average Bonchev–Trinajstić information content (AvgIpc) is 3.52. The van der Waals surface area contributed by atoms with Gasteiger partial charge in [0.05, 0.1) is 29.2 Å². The number of amides is 2. The van der Waals surface area contributed by atoms with Crippen molar-refractivity contribution in [3.63, 3.8) is 0 Å². The van der Waals surface area contributed by atoms with Gasteiger partial charge in [-0.15, -0.1) is 0 Å². The van der Waals surface area contributed by atoms with Crippen LogP contribution in [0.25, 0.3) is 16.9 Å². The Kier molecular flexibility index (Phi) is 7.20. The number of aromatic nitrogens is 3. The highest BCUT2D eigenvalue weighted by molar-refractivity contribution is 5.95. The molecule has 224 valence electrons. The maximum Gasteiger partial charge on any atom is 0.424 e. The van der Waals surface area contributed by atoms with Gasteiger partial charge in [-0.25, -0.2) is 18.4 Å². The van der Waals surface area contributed by atoms with E-state index in [9.17, 15) is 36.6 Å². The van der Waals surface area contributed by atoms with Crippen molar-refractivity contribution in [1.82, 2.24) is 20.1 Å². The van der Waals surface area contributed by atoms with Crippen LogP contribution in [0.4, 0.5) is 22.0 Å². The van der Waals surface area contributed by atoms with E-state index in [1.54, 1.807) is 0 Å². The molecule has 5 rings (SSSR count). The molecule has 14 heteroatoms. The Balaban J connectivity index is 1.55. The molecule has 0 radical (unpaired) electrons. The third kappa shape index (κ3) is 5.18. The monoisotopic (exact) mass is 601 g/mol. The molecule has 2 aromatic carbocycles. The molecule has 0 saturated carbocycles. The Bertz CT molecular complexity index is 1740. The lowest BCUT2D eigenvalue weighted by Gasteiger charge is -2.31. The quantitative estimate of drug-likeness (QED) is 0.276. The number of nitrogens with one attached hydrogen (secondary N) is 1. The van der Waals surface area contributed by atoms with Crippen molar-refractivity contribution in [3.8, 4) is 22.7 Å². The second kappa shape index (κ2) is 10.5. The van der Waals surface area contributed by atoms with E-state index in [1.807, 2.05) is 0 Å². The number of hydrogen-bond donors (Lipinski definition) is 3. The molecule has 2 aromatic heterocycles. The molecule has 4 N–H and O–H groups in total. The zero-order chi connectivity index (χ0) is 31.3. The maximum atomic E-state index is 14.6. The number of primary amides is 1. The number of rotatable bonds is 7. The summed E-state index contributed by atoms with van der Waals surface area (Å²) in [5.41, 5.74) is -0.585. The molecule has 4 aromatic rings. The van der Waals surface area contributed by atoms with Gasteiger partial charge in [0.15, 0.2) is 0 Å². The third-order valence-corrected chi connectivity index (χ3v) is 7.35. The zero-order valence-electron chi connectivity index (χ0n) is 22.7. The van der Waals surface area contributed by atoms with Crippen LogP contribution in [0.3, 0.4) is 0 Å². The van der Waals surface area contributed by atoms with Gasteiger partial charge in [0.1, 0.15) is 35.1 Å². The highest BCUT2D eigenvalue weighted by Gasteiger charge is 2.57. The zero-order valence-corrected chi connectivity index (χ0v) is 22.7. The van der Waals surface area contributed by atoms with Crippen LogP contribution in [0.5, 0.6) is 5.75 Å². The highest BCUT2D eigenvalue weighted by atomic mass is 19.4. The lowest BCUT2D eigenvalue weighted by Crippen LogP contribution is -2.52. The van der Waals surface area contributed by atoms with E-state index in [4.69, 9.17) is 10.5 Å². The molecule has 0 fully saturated rings. The molecule has 2 amide bonds. The molecule has 43 heavy (non-hydrogen) atoms.